The number of methoxy groups -OCH3 is 1. The Hall–Kier alpha value is -3.00. The van der Waals surface area contributed by atoms with Gasteiger partial charge in [-0.25, -0.2) is 11.6 Å². The highest BCUT2D eigenvalue weighted by Crippen LogP contribution is 2.35. The van der Waals surface area contributed by atoms with E-state index >= 15 is 0 Å². The molecule has 3 aromatic rings. The predicted molar refractivity (Wildman–Crippen MR) is 115 cm³/mol. The Morgan fingerprint density at radius 3 is 2.68 bits per heavy atom. The molecule has 0 unspecified atom stereocenters. The van der Waals surface area contributed by atoms with Crippen molar-refractivity contribution in [3.8, 4) is 17.0 Å². The molecule has 0 fully saturated rings. The van der Waals surface area contributed by atoms with Gasteiger partial charge in [0.25, 0.3) is 0 Å². The molecule has 0 amide bonds. The number of ether oxygens (including phenoxy) is 1. The number of hydrogen-bond acceptors (Lipinski definition) is 3. The van der Waals surface area contributed by atoms with E-state index in [-0.39, 0.29) is 0 Å². The number of benzene rings is 1. The first kappa shape index (κ1) is 19.8. The van der Waals surface area contributed by atoms with Gasteiger partial charge in [0, 0.05) is 24.2 Å². The first-order valence-electron chi connectivity index (χ1n) is 9.86. The van der Waals surface area contributed by atoms with E-state index in [2.05, 4.69) is 46.6 Å². The van der Waals surface area contributed by atoms with Gasteiger partial charge in [-0.05, 0) is 56.5 Å². The minimum atomic E-state index is 0.636. The van der Waals surface area contributed by atoms with Gasteiger partial charge in [-0.15, -0.1) is 0 Å². The fourth-order valence-corrected chi connectivity index (χ4v) is 3.60. The van der Waals surface area contributed by atoms with Crippen LogP contribution < -0.4 is 10.1 Å². The lowest BCUT2D eigenvalue weighted by atomic mass is 10.1. The molecule has 0 aliphatic carbocycles. The maximum Gasteiger partial charge on any atom is 0.214 e. The molecule has 1 aromatic carbocycles. The molecular weight excluding hydrogens is 348 g/mol. The molecule has 0 aliphatic rings. The number of hydrogen-bond donors (Lipinski definition) is 1. The van der Waals surface area contributed by atoms with Crippen molar-refractivity contribution in [1.29, 1.82) is 0 Å². The zero-order chi connectivity index (χ0) is 19.9. The van der Waals surface area contributed by atoms with Gasteiger partial charge in [0.05, 0.1) is 7.11 Å². The lowest BCUT2D eigenvalue weighted by Crippen LogP contribution is -2.07. The molecule has 0 atom stereocenters. The van der Waals surface area contributed by atoms with E-state index in [1.165, 1.54) is 5.56 Å². The van der Waals surface area contributed by atoms with Crippen molar-refractivity contribution in [1.82, 2.24) is 9.38 Å². The van der Waals surface area contributed by atoms with Crippen LogP contribution in [0.15, 0.2) is 36.4 Å². The molecule has 0 saturated heterocycles. The quantitative estimate of drug-likeness (QED) is 0.395. The second-order valence-electron chi connectivity index (χ2n) is 7.10. The van der Waals surface area contributed by atoms with Gasteiger partial charge in [-0.1, -0.05) is 18.6 Å². The number of pyridine rings is 1. The standard InChI is InChI=1S/C23H28N4O/c1-17-15-18(2)27-21(16-17)26-22(19-11-7-8-12-20(19)28-4)23(27)25-14-10-6-5-9-13-24-3/h7-8,11-12,15-16,25H,5-6,9-10,13-14H2,1-2,4H3. The monoisotopic (exact) mass is 376 g/mol. The average Bonchev–Trinajstić information content (AvgIpc) is 3.05. The van der Waals surface area contributed by atoms with Crippen LogP contribution in [0.1, 0.15) is 36.9 Å². The fourth-order valence-electron chi connectivity index (χ4n) is 3.60. The van der Waals surface area contributed by atoms with Crippen LogP contribution in [0.2, 0.25) is 0 Å². The number of aryl methyl sites for hydroxylation is 2. The van der Waals surface area contributed by atoms with Crippen molar-refractivity contribution < 1.29 is 4.74 Å². The number of anilines is 1. The van der Waals surface area contributed by atoms with E-state index < -0.39 is 0 Å². The third-order valence-corrected chi connectivity index (χ3v) is 4.90. The largest absolute Gasteiger partial charge is 0.496 e. The lowest BCUT2D eigenvalue weighted by Gasteiger charge is -2.12. The topological polar surface area (TPSA) is 42.9 Å². The number of para-hydroxylation sites is 1. The Kier molecular flexibility index (Phi) is 6.54. The maximum atomic E-state index is 6.86. The zero-order valence-electron chi connectivity index (χ0n) is 17.0. The Labute approximate surface area is 167 Å². The van der Waals surface area contributed by atoms with E-state index in [1.807, 2.05) is 18.2 Å². The summed E-state index contributed by atoms with van der Waals surface area (Å²) in [5, 5.41) is 3.62. The maximum absolute atomic E-state index is 6.86. The molecule has 0 spiro atoms. The molecule has 146 valence electrons. The molecule has 3 rings (SSSR count). The third kappa shape index (κ3) is 4.28. The van der Waals surface area contributed by atoms with Gasteiger partial charge in [-0.3, -0.25) is 4.40 Å². The van der Waals surface area contributed by atoms with Gasteiger partial charge in [0.15, 0.2) is 0 Å². The number of imidazole rings is 1. The summed E-state index contributed by atoms with van der Waals surface area (Å²) < 4.78 is 7.77. The number of aromatic nitrogens is 2. The molecule has 28 heavy (non-hydrogen) atoms. The molecule has 2 aromatic heterocycles. The summed E-state index contributed by atoms with van der Waals surface area (Å²) >= 11 is 0. The highest BCUT2D eigenvalue weighted by molar-refractivity contribution is 5.80. The summed E-state index contributed by atoms with van der Waals surface area (Å²) in [5.41, 5.74) is 5.21. The lowest BCUT2D eigenvalue weighted by molar-refractivity contribution is 0.416. The van der Waals surface area contributed by atoms with E-state index in [4.69, 9.17) is 16.3 Å². The van der Waals surface area contributed by atoms with Gasteiger partial charge < -0.3 is 14.9 Å². The van der Waals surface area contributed by atoms with Crippen LogP contribution in [-0.2, 0) is 0 Å². The van der Waals surface area contributed by atoms with Crippen molar-refractivity contribution >= 4 is 11.5 Å². The molecule has 0 bridgehead atoms. The number of nitrogens with one attached hydrogen (secondary N) is 1. The number of unbranched alkanes of at least 4 members (excludes halogenated alkanes) is 3. The normalized spacial score (nSPS) is 10.8. The van der Waals surface area contributed by atoms with Crippen molar-refractivity contribution in [2.75, 3.05) is 25.5 Å². The summed E-state index contributed by atoms with van der Waals surface area (Å²) in [5.74, 6) is 1.83. The Morgan fingerprint density at radius 1 is 1.11 bits per heavy atom. The summed E-state index contributed by atoms with van der Waals surface area (Å²) in [6.45, 7) is 12.6. The van der Waals surface area contributed by atoms with Gasteiger partial charge >= 0.3 is 0 Å². The summed E-state index contributed by atoms with van der Waals surface area (Å²) in [4.78, 5) is 8.36. The van der Waals surface area contributed by atoms with Crippen molar-refractivity contribution in [3.05, 3.63) is 59.1 Å². The molecule has 0 aliphatic heterocycles. The van der Waals surface area contributed by atoms with Crippen molar-refractivity contribution in [2.24, 2.45) is 0 Å². The van der Waals surface area contributed by atoms with Gasteiger partial charge in [0.2, 0.25) is 6.54 Å². The SMILES string of the molecule is [C-]#[N+]CCCCCCNc1c(-c2ccccc2OC)nc2cc(C)cc(C)n12. The molecule has 2 heterocycles. The fraction of sp³-hybridized carbons (Fsp3) is 0.391. The second-order valence-corrected chi connectivity index (χ2v) is 7.10. The van der Waals surface area contributed by atoms with Crippen molar-refractivity contribution in [2.45, 2.75) is 39.5 Å². The van der Waals surface area contributed by atoms with E-state index in [1.54, 1.807) is 7.11 Å². The first-order valence-corrected chi connectivity index (χ1v) is 9.86. The van der Waals surface area contributed by atoms with Crippen LogP contribution in [0.3, 0.4) is 0 Å². The van der Waals surface area contributed by atoms with E-state index in [9.17, 15) is 0 Å². The van der Waals surface area contributed by atoms with Crippen molar-refractivity contribution in [3.63, 3.8) is 0 Å². The van der Waals surface area contributed by atoms with Crippen LogP contribution in [0.5, 0.6) is 5.75 Å². The zero-order valence-corrected chi connectivity index (χ0v) is 17.0. The van der Waals surface area contributed by atoms with Gasteiger partial charge in [0.1, 0.15) is 22.9 Å². The minimum absolute atomic E-state index is 0.636. The molecule has 5 nitrogen and oxygen atoms in total. The van der Waals surface area contributed by atoms with Crippen LogP contribution in [-0.4, -0.2) is 29.6 Å². The highest BCUT2D eigenvalue weighted by atomic mass is 16.5. The van der Waals surface area contributed by atoms with Crippen LogP contribution in [0, 0.1) is 20.4 Å². The molecule has 0 radical (unpaired) electrons. The smallest absolute Gasteiger partial charge is 0.214 e. The van der Waals surface area contributed by atoms with Gasteiger partial charge in [-0.2, -0.15) is 0 Å². The van der Waals surface area contributed by atoms with E-state index in [0.717, 1.165) is 66.4 Å². The third-order valence-electron chi connectivity index (χ3n) is 4.90. The highest BCUT2D eigenvalue weighted by Gasteiger charge is 2.18. The molecule has 1 N–H and O–H groups in total. The summed E-state index contributed by atoms with van der Waals surface area (Å²) in [7, 11) is 1.69. The average molecular weight is 377 g/mol. The Morgan fingerprint density at radius 2 is 1.89 bits per heavy atom. The van der Waals surface area contributed by atoms with Crippen LogP contribution >= 0.6 is 0 Å². The molecule has 5 heteroatoms. The minimum Gasteiger partial charge on any atom is -0.496 e. The first-order chi connectivity index (χ1) is 13.7. The number of nitrogens with zero attached hydrogens (tertiary/aromatic N) is 3. The summed E-state index contributed by atoms with van der Waals surface area (Å²) in [6, 6.07) is 12.3. The molecule has 0 saturated carbocycles. The second kappa shape index (κ2) is 9.27. The Bertz CT molecular complexity index is 984. The summed E-state index contributed by atoms with van der Waals surface area (Å²) in [6.07, 6.45) is 4.29. The Balaban J connectivity index is 1.91. The predicted octanol–water partition coefficient (Wildman–Crippen LogP) is 5.52. The van der Waals surface area contributed by atoms with E-state index in [0.29, 0.717) is 6.54 Å². The number of fused-ring (bicyclic) bond motifs is 1. The van der Waals surface area contributed by atoms with Crippen LogP contribution in [0.4, 0.5) is 5.82 Å². The van der Waals surface area contributed by atoms with Crippen LogP contribution in [0.25, 0.3) is 21.7 Å². The number of rotatable bonds is 9. The molecular formula is C23H28N4O.